The second-order valence-electron chi connectivity index (χ2n) is 6.69. The van der Waals surface area contributed by atoms with E-state index in [9.17, 15) is 14.9 Å². The molecule has 6 nitrogen and oxygen atoms in total. The van der Waals surface area contributed by atoms with Crippen LogP contribution in [0.15, 0.2) is 42.5 Å². The lowest BCUT2D eigenvalue weighted by Crippen LogP contribution is -2.29. The molecule has 2 aromatic carbocycles. The first-order valence-electron chi connectivity index (χ1n) is 8.51. The molecule has 138 valence electrons. The van der Waals surface area contributed by atoms with Gasteiger partial charge in [0.15, 0.2) is 0 Å². The number of benzene rings is 2. The average molecular weight is 356 g/mol. The molecular formula is C20H24N2O4. The minimum atomic E-state index is -0.448. The number of nitro benzene ring substituents is 1. The van der Waals surface area contributed by atoms with Gasteiger partial charge in [-0.15, -0.1) is 0 Å². The molecule has 2 aromatic rings. The molecule has 0 aliphatic heterocycles. The van der Waals surface area contributed by atoms with Crippen LogP contribution in [0, 0.1) is 23.0 Å². The molecule has 6 heteroatoms. The fourth-order valence-electron chi connectivity index (χ4n) is 2.83. The first-order valence-corrected chi connectivity index (χ1v) is 8.51. The number of methoxy groups -OCH3 is 1. The Morgan fingerprint density at radius 3 is 2.35 bits per heavy atom. The molecular weight excluding hydrogens is 332 g/mol. The number of rotatable bonds is 7. The summed E-state index contributed by atoms with van der Waals surface area (Å²) in [6.07, 6.45) is 0.782. The van der Waals surface area contributed by atoms with Gasteiger partial charge >= 0.3 is 0 Å². The van der Waals surface area contributed by atoms with Crippen LogP contribution in [0.3, 0.4) is 0 Å². The van der Waals surface area contributed by atoms with Crippen molar-refractivity contribution in [1.82, 2.24) is 5.32 Å². The molecule has 0 unspecified atom stereocenters. The fraction of sp³-hybridized carbons (Fsp3) is 0.350. The van der Waals surface area contributed by atoms with Crippen LogP contribution in [0.1, 0.15) is 47.8 Å². The molecule has 1 amide bonds. The number of ether oxygens (including phenoxy) is 1. The third-order valence-corrected chi connectivity index (χ3v) is 4.19. The number of aryl methyl sites for hydroxylation is 1. The predicted octanol–water partition coefficient (Wildman–Crippen LogP) is 4.43. The Kier molecular flexibility index (Phi) is 6.33. The number of hydrogen-bond donors (Lipinski definition) is 1. The predicted molar refractivity (Wildman–Crippen MR) is 100 cm³/mol. The first kappa shape index (κ1) is 19.4. The van der Waals surface area contributed by atoms with Crippen molar-refractivity contribution in [3.63, 3.8) is 0 Å². The monoisotopic (exact) mass is 356 g/mol. The Hall–Kier alpha value is -2.89. The van der Waals surface area contributed by atoms with Gasteiger partial charge < -0.3 is 10.1 Å². The van der Waals surface area contributed by atoms with Crippen molar-refractivity contribution in [1.29, 1.82) is 0 Å². The third-order valence-electron chi connectivity index (χ3n) is 4.19. The summed E-state index contributed by atoms with van der Waals surface area (Å²) in [6, 6.07) is 11.9. The van der Waals surface area contributed by atoms with Crippen molar-refractivity contribution in [2.75, 3.05) is 7.11 Å². The van der Waals surface area contributed by atoms with E-state index in [1.807, 2.05) is 24.3 Å². The average Bonchev–Trinajstić information content (AvgIpc) is 2.60. The Morgan fingerprint density at radius 2 is 1.85 bits per heavy atom. The Bertz CT molecular complexity index is 785. The van der Waals surface area contributed by atoms with E-state index >= 15 is 0 Å². The number of carbonyl (C=O) groups is 1. The van der Waals surface area contributed by atoms with Gasteiger partial charge in [0.05, 0.1) is 18.1 Å². The zero-order chi connectivity index (χ0) is 19.3. The highest BCUT2D eigenvalue weighted by Gasteiger charge is 2.19. The number of nitrogens with zero attached hydrogens (tertiary/aromatic N) is 1. The maximum Gasteiger partial charge on any atom is 0.272 e. The number of hydrogen-bond acceptors (Lipinski definition) is 4. The molecule has 0 aliphatic rings. The lowest BCUT2D eigenvalue weighted by molar-refractivity contribution is -0.385. The maximum absolute atomic E-state index is 12.7. The normalized spacial score (nSPS) is 11.9. The molecule has 0 saturated heterocycles. The van der Waals surface area contributed by atoms with Gasteiger partial charge in [0, 0.05) is 17.2 Å². The second kappa shape index (κ2) is 8.47. The van der Waals surface area contributed by atoms with E-state index in [0.717, 1.165) is 17.7 Å². The quantitative estimate of drug-likeness (QED) is 0.588. The zero-order valence-corrected chi connectivity index (χ0v) is 15.5. The van der Waals surface area contributed by atoms with Crippen LogP contribution in [-0.2, 0) is 0 Å². The first-order chi connectivity index (χ1) is 12.3. The van der Waals surface area contributed by atoms with Gasteiger partial charge in [-0.3, -0.25) is 14.9 Å². The van der Waals surface area contributed by atoms with Crippen LogP contribution in [-0.4, -0.2) is 17.9 Å². The third kappa shape index (κ3) is 4.81. The highest BCUT2D eigenvalue weighted by atomic mass is 16.6. The van der Waals surface area contributed by atoms with Gasteiger partial charge in [-0.2, -0.15) is 0 Å². The van der Waals surface area contributed by atoms with Crippen molar-refractivity contribution >= 4 is 11.6 Å². The molecule has 0 fully saturated rings. The maximum atomic E-state index is 12.7. The van der Waals surface area contributed by atoms with Crippen molar-refractivity contribution in [2.45, 2.75) is 33.2 Å². The molecule has 0 aromatic heterocycles. The van der Waals surface area contributed by atoms with E-state index in [-0.39, 0.29) is 17.6 Å². The van der Waals surface area contributed by atoms with E-state index in [1.165, 1.54) is 12.1 Å². The minimum Gasteiger partial charge on any atom is -0.497 e. The number of carbonyl (C=O) groups excluding carboxylic acids is 1. The van der Waals surface area contributed by atoms with Crippen LogP contribution in [0.5, 0.6) is 5.75 Å². The molecule has 0 bridgehead atoms. The Morgan fingerprint density at radius 1 is 1.19 bits per heavy atom. The molecule has 0 heterocycles. The molecule has 1 atom stereocenters. The summed E-state index contributed by atoms with van der Waals surface area (Å²) in [6.45, 7) is 5.82. The summed E-state index contributed by atoms with van der Waals surface area (Å²) in [5.74, 6) is 0.903. The fourth-order valence-corrected chi connectivity index (χ4v) is 2.83. The summed E-state index contributed by atoms with van der Waals surface area (Å²) in [7, 11) is 1.61. The molecule has 0 radical (unpaired) electrons. The highest BCUT2D eigenvalue weighted by molar-refractivity contribution is 5.95. The Balaban J connectivity index is 2.22. The number of nitrogens with one attached hydrogen (secondary N) is 1. The molecule has 0 spiro atoms. The lowest BCUT2D eigenvalue weighted by Gasteiger charge is -2.21. The zero-order valence-electron chi connectivity index (χ0n) is 15.5. The van der Waals surface area contributed by atoms with Gasteiger partial charge in [0.2, 0.25) is 0 Å². The highest BCUT2D eigenvalue weighted by Crippen LogP contribution is 2.25. The molecule has 1 N–H and O–H groups in total. The van der Waals surface area contributed by atoms with Crippen LogP contribution >= 0.6 is 0 Å². The van der Waals surface area contributed by atoms with E-state index in [2.05, 4.69) is 19.2 Å². The summed E-state index contributed by atoms with van der Waals surface area (Å²) in [4.78, 5) is 23.1. The van der Waals surface area contributed by atoms with Crippen molar-refractivity contribution in [3.8, 4) is 5.75 Å². The van der Waals surface area contributed by atoms with E-state index in [0.29, 0.717) is 17.0 Å². The van der Waals surface area contributed by atoms with Gasteiger partial charge in [-0.1, -0.05) is 26.0 Å². The molecule has 26 heavy (non-hydrogen) atoms. The van der Waals surface area contributed by atoms with Crippen LogP contribution in [0.4, 0.5) is 5.69 Å². The largest absolute Gasteiger partial charge is 0.497 e. The van der Waals surface area contributed by atoms with E-state index in [1.54, 1.807) is 20.1 Å². The summed E-state index contributed by atoms with van der Waals surface area (Å²) >= 11 is 0. The van der Waals surface area contributed by atoms with Crippen LogP contribution < -0.4 is 10.1 Å². The standard InChI is InChI=1S/C20H24N2O4/c1-13(2)11-18(15-5-8-17(26-4)9-6-15)21-20(23)16-7-10-19(22(24)25)14(3)12-16/h5-10,12-13,18H,11H2,1-4H3,(H,21,23)/t18-/m0/s1. The molecule has 0 aliphatic carbocycles. The Labute approximate surface area is 153 Å². The number of amides is 1. The van der Waals surface area contributed by atoms with Crippen molar-refractivity contribution in [2.24, 2.45) is 5.92 Å². The smallest absolute Gasteiger partial charge is 0.272 e. The van der Waals surface area contributed by atoms with Crippen molar-refractivity contribution < 1.29 is 14.5 Å². The minimum absolute atomic E-state index is 0.00966. The molecule has 2 rings (SSSR count). The lowest BCUT2D eigenvalue weighted by atomic mass is 9.96. The van der Waals surface area contributed by atoms with E-state index < -0.39 is 4.92 Å². The summed E-state index contributed by atoms with van der Waals surface area (Å²) in [5.41, 5.74) is 1.88. The molecule has 0 saturated carbocycles. The van der Waals surface area contributed by atoms with Gasteiger partial charge in [-0.05, 0) is 49.1 Å². The van der Waals surface area contributed by atoms with E-state index in [4.69, 9.17) is 4.74 Å². The topological polar surface area (TPSA) is 81.5 Å². The SMILES string of the molecule is COc1ccc([C@H](CC(C)C)NC(=O)c2ccc([N+](=O)[O-])c(C)c2)cc1. The van der Waals surface area contributed by atoms with Gasteiger partial charge in [0.25, 0.3) is 11.6 Å². The summed E-state index contributed by atoms with van der Waals surface area (Å²) < 4.78 is 5.18. The van der Waals surface area contributed by atoms with Gasteiger partial charge in [0.1, 0.15) is 5.75 Å². The van der Waals surface area contributed by atoms with Crippen LogP contribution in [0.25, 0.3) is 0 Å². The van der Waals surface area contributed by atoms with Gasteiger partial charge in [-0.25, -0.2) is 0 Å². The van der Waals surface area contributed by atoms with Crippen LogP contribution in [0.2, 0.25) is 0 Å². The van der Waals surface area contributed by atoms with Crippen molar-refractivity contribution in [3.05, 3.63) is 69.3 Å². The second-order valence-corrected chi connectivity index (χ2v) is 6.69. The number of nitro groups is 1. The summed E-state index contributed by atoms with van der Waals surface area (Å²) in [5, 5.41) is 14.0.